The molecular weight excluding hydrogens is 338 g/mol. The summed E-state index contributed by atoms with van der Waals surface area (Å²) in [7, 11) is 0. The third-order valence-electron chi connectivity index (χ3n) is 2.22. The van der Waals surface area contributed by atoms with E-state index in [1.54, 1.807) is 0 Å². The summed E-state index contributed by atoms with van der Waals surface area (Å²) in [5, 5.41) is 9.59. The number of rotatable bonds is 3. The van der Waals surface area contributed by atoms with Crippen molar-refractivity contribution in [3.63, 3.8) is 0 Å². The van der Waals surface area contributed by atoms with Crippen LogP contribution < -0.4 is 0 Å². The largest absolute Gasteiger partial charge is 0.476 e. The molecule has 0 unspecified atom stereocenters. The van der Waals surface area contributed by atoms with Crippen molar-refractivity contribution in [1.82, 2.24) is 4.98 Å². The molecule has 0 bridgehead atoms. The van der Waals surface area contributed by atoms with E-state index in [2.05, 4.69) is 20.9 Å². The second-order valence-electron chi connectivity index (χ2n) is 3.57. The number of hydrogen-bond donors (Lipinski definition) is 1. The van der Waals surface area contributed by atoms with Crippen LogP contribution in [0.1, 0.15) is 32.0 Å². The molecule has 0 saturated carbocycles. The first kappa shape index (κ1) is 13.4. The van der Waals surface area contributed by atoms with Crippen molar-refractivity contribution >= 4 is 50.4 Å². The number of halogens is 1. The molecule has 0 amide bonds. The molecule has 2 rings (SSSR count). The van der Waals surface area contributed by atoms with Crippen LogP contribution in [0.3, 0.4) is 0 Å². The van der Waals surface area contributed by atoms with Gasteiger partial charge in [-0.2, -0.15) is 0 Å². The molecule has 0 aliphatic rings. The minimum atomic E-state index is -1.17. The Labute approximate surface area is 119 Å². The Morgan fingerprint density at radius 3 is 2.44 bits per heavy atom. The third kappa shape index (κ3) is 2.38. The molecule has 0 atom stereocenters. The van der Waals surface area contributed by atoms with E-state index in [4.69, 9.17) is 5.11 Å². The van der Waals surface area contributed by atoms with Crippen LogP contribution in [-0.2, 0) is 0 Å². The molecule has 0 aliphatic heterocycles. The van der Waals surface area contributed by atoms with E-state index in [1.165, 1.54) is 18.3 Å². The van der Waals surface area contributed by atoms with Crippen LogP contribution in [0.2, 0.25) is 0 Å². The Bertz CT molecular complexity index is 594. The van der Waals surface area contributed by atoms with Crippen LogP contribution in [0.4, 0.5) is 0 Å². The first-order valence-electron chi connectivity index (χ1n) is 4.91. The highest BCUT2D eigenvalue weighted by Gasteiger charge is 2.22. The van der Waals surface area contributed by atoms with E-state index in [1.807, 2.05) is 13.0 Å². The van der Waals surface area contributed by atoms with Gasteiger partial charge >= 0.3 is 5.97 Å². The fourth-order valence-electron chi connectivity index (χ4n) is 1.37. The quantitative estimate of drug-likeness (QED) is 0.858. The second kappa shape index (κ2) is 4.91. The van der Waals surface area contributed by atoms with E-state index in [0.717, 1.165) is 25.6 Å². The number of nitrogens with zero attached hydrogens (tertiary/aromatic N) is 1. The van der Waals surface area contributed by atoms with Gasteiger partial charge in [0.05, 0.1) is 4.88 Å². The molecule has 2 aromatic heterocycles. The average molecular weight is 346 g/mol. The number of carboxylic acid groups (broad SMARTS) is 1. The van der Waals surface area contributed by atoms with Gasteiger partial charge in [0.1, 0.15) is 9.88 Å². The standard InChI is InChI=1S/C11H8BrNO3S2/c1-4(14)9-8(11(15)16)13-10(18-9)7-3-6(12)5(2)17-7/h3H,1-2H3,(H,15,16). The normalized spacial score (nSPS) is 10.6. The van der Waals surface area contributed by atoms with E-state index in [0.29, 0.717) is 5.01 Å². The molecule has 4 nitrogen and oxygen atoms in total. The number of Topliss-reactive ketones (excluding diaryl/α,β-unsaturated/α-hetero) is 1. The summed E-state index contributed by atoms with van der Waals surface area (Å²) in [5.41, 5.74) is -0.162. The molecule has 0 spiro atoms. The number of aromatic nitrogens is 1. The Kier molecular flexibility index (Phi) is 3.65. The zero-order chi connectivity index (χ0) is 13.4. The minimum Gasteiger partial charge on any atom is -0.476 e. The maximum atomic E-state index is 11.4. The Morgan fingerprint density at radius 2 is 2.06 bits per heavy atom. The topological polar surface area (TPSA) is 67.3 Å². The number of ketones is 1. The summed E-state index contributed by atoms with van der Waals surface area (Å²) in [5.74, 6) is -1.45. The van der Waals surface area contributed by atoms with Gasteiger partial charge in [0.25, 0.3) is 0 Å². The molecule has 94 valence electrons. The van der Waals surface area contributed by atoms with Gasteiger partial charge in [0, 0.05) is 16.3 Å². The number of aromatic carboxylic acids is 1. The van der Waals surface area contributed by atoms with Gasteiger partial charge in [-0.05, 0) is 28.9 Å². The molecule has 7 heteroatoms. The Balaban J connectivity index is 2.56. The van der Waals surface area contributed by atoms with Crippen LogP contribution in [0.15, 0.2) is 10.5 Å². The summed E-state index contributed by atoms with van der Waals surface area (Å²) in [6, 6.07) is 1.88. The lowest BCUT2D eigenvalue weighted by molar-refractivity contribution is 0.0687. The third-order valence-corrected chi connectivity index (χ3v) is 5.68. The van der Waals surface area contributed by atoms with Crippen LogP contribution in [0.25, 0.3) is 9.88 Å². The zero-order valence-electron chi connectivity index (χ0n) is 9.48. The predicted octanol–water partition coefficient (Wildman–Crippen LogP) is 3.84. The molecule has 0 saturated heterocycles. The molecule has 18 heavy (non-hydrogen) atoms. The van der Waals surface area contributed by atoms with E-state index in [9.17, 15) is 9.59 Å². The number of carbonyl (C=O) groups is 2. The monoisotopic (exact) mass is 345 g/mol. The maximum Gasteiger partial charge on any atom is 0.356 e. The molecule has 1 N–H and O–H groups in total. The fourth-order valence-corrected chi connectivity index (χ4v) is 3.91. The van der Waals surface area contributed by atoms with Gasteiger partial charge in [0.2, 0.25) is 0 Å². The van der Waals surface area contributed by atoms with Crippen molar-refractivity contribution in [2.45, 2.75) is 13.8 Å². The Morgan fingerprint density at radius 1 is 1.39 bits per heavy atom. The molecule has 0 aliphatic carbocycles. The van der Waals surface area contributed by atoms with E-state index >= 15 is 0 Å². The van der Waals surface area contributed by atoms with Crippen molar-refractivity contribution in [1.29, 1.82) is 0 Å². The lowest BCUT2D eigenvalue weighted by atomic mass is 10.3. The summed E-state index contributed by atoms with van der Waals surface area (Å²) >= 11 is 6.03. The highest BCUT2D eigenvalue weighted by Crippen LogP contribution is 2.37. The molecule has 0 radical (unpaired) electrons. The molecule has 0 fully saturated rings. The minimum absolute atomic E-state index is 0.162. The van der Waals surface area contributed by atoms with E-state index in [-0.39, 0.29) is 16.4 Å². The lowest BCUT2D eigenvalue weighted by Gasteiger charge is -1.89. The first-order chi connectivity index (χ1) is 8.40. The Hall–Kier alpha value is -1.05. The maximum absolute atomic E-state index is 11.4. The molecule has 2 heterocycles. The molecule has 2 aromatic rings. The number of carboxylic acids is 1. The van der Waals surface area contributed by atoms with Crippen molar-refractivity contribution in [2.75, 3.05) is 0 Å². The number of hydrogen-bond acceptors (Lipinski definition) is 5. The van der Waals surface area contributed by atoms with Crippen molar-refractivity contribution in [3.8, 4) is 9.88 Å². The fraction of sp³-hybridized carbons (Fsp3) is 0.182. The number of aryl methyl sites for hydroxylation is 1. The smallest absolute Gasteiger partial charge is 0.356 e. The highest BCUT2D eigenvalue weighted by molar-refractivity contribution is 9.10. The van der Waals surface area contributed by atoms with Gasteiger partial charge in [-0.25, -0.2) is 9.78 Å². The van der Waals surface area contributed by atoms with Gasteiger partial charge in [-0.15, -0.1) is 22.7 Å². The van der Waals surface area contributed by atoms with Crippen LogP contribution in [0, 0.1) is 6.92 Å². The van der Waals surface area contributed by atoms with Crippen LogP contribution >= 0.6 is 38.6 Å². The lowest BCUT2D eigenvalue weighted by Crippen LogP contribution is -2.03. The van der Waals surface area contributed by atoms with E-state index < -0.39 is 5.97 Å². The van der Waals surface area contributed by atoms with Crippen molar-refractivity contribution in [3.05, 3.63) is 26.0 Å². The number of carbonyl (C=O) groups excluding carboxylic acids is 1. The van der Waals surface area contributed by atoms with Crippen molar-refractivity contribution in [2.24, 2.45) is 0 Å². The number of thiazole rings is 1. The SMILES string of the molecule is CC(=O)c1sc(-c2cc(Br)c(C)s2)nc1C(=O)O. The molecular formula is C11H8BrNO3S2. The summed E-state index contributed by atoms with van der Waals surface area (Å²) in [6.45, 7) is 3.30. The number of thiophene rings is 1. The van der Waals surface area contributed by atoms with Gasteiger partial charge < -0.3 is 5.11 Å². The van der Waals surface area contributed by atoms with Gasteiger partial charge in [0.15, 0.2) is 11.5 Å². The van der Waals surface area contributed by atoms with Crippen LogP contribution in [0.5, 0.6) is 0 Å². The summed E-state index contributed by atoms with van der Waals surface area (Å²) < 4.78 is 0.957. The summed E-state index contributed by atoms with van der Waals surface area (Å²) in [4.78, 5) is 28.6. The first-order valence-corrected chi connectivity index (χ1v) is 7.34. The van der Waals surface area contributed by atoms with Crippen molar-refractivity contribution < 1.29 is 14.7 Å². The van der Waals surface area contributed by atoms with Gasteiger partial charge in [-0.1, -0.05) is 0 Å². The molecule has 0 aromatic carbocycles. The second-order valence-corrected chi connectivity index (χ2v) is 6.68. The predicted molar refractivity (Wildman–Crippen MR) is 74.8 cm³/mol. The van der Waals surface area contributed by atoms with Gasteiger partial charge in [-0.3, -0.25) is 4.79 Å². The summed E-state index contributed by atoms with van der Waals surface area (Å²) in [6.07, 6.45) is 0. The van der Waals surface area contributed by atoms with Crippen LogP contribution in [-0.4, -0.2) is 21.8 Å². The average Bonchev–Trinajstić information content (AvgIpc) is 2.83. The zero-order valence-corrected chi connectivity index (χ0v) is 12.7. The highest BCUT2D eigenvalue weighted by atomic mass is 79.9.